The highest BCUT2D eigenvalue weighted by molar-refractivity contribution is 9.09. The van der Waals surface area contributed by atoms with E-state index in [4.69, 9.17) is 0 Å². The van der Waals surface area contributed by atoms with E-state index < -0.39 is 0 Å². The molecule has 0 radical (unpaired) electrons. The molecular formula is C15H19BrN2. The van der Waals surface area contributed by atoms with Crippen LogP contribution in [0.3, 0.4) is 0 Å². The van der Waals surface area contributed by atoms with Crippen LogP contribution in [0.4, 0.5) is 0 Å². The van der Waals surface area contributed by atoms with E-state index in [-0.39, 0.29) is 5.41 Å². The van der Waals surface area contributed by atoms with Gasteiger partial charge in [-0.25, -0.2) is 0 Å². The van der Waals surface area contributed by atoms with E-state index in [1.807, 2.05) is 30.6 Å². The number of allylic oxidation sites excluding steroid dienone is 2. The van der Waals surface area contributed by atoms with Crippen molar-refractivity contribution in [3.05, 3.63) is 48.4 Å². The standard InChI is InChI=1S/C15H19BrN2/c1-15(7-3-4-9-16)8-11-18-14(12-15)13-6-2-5-10-17-13/h2,5-6,8,10-12,18H,3-4,7,9H2,1H3. The fraction of sp³-hybridized carbons (Fsp3) is 0.400. The van der Waals surface area contributed by atoms with Gasteiger partial charge in [-0.2, -0.15) is 0 Å². The van der Waals surface area contributed by atoms with Crippen LogP contribution in [0.25, 0.3) is 5.70 Å². The van der Waals surface area contributed by atoms with Crippen LogP contribution in [0.2, 0.25) is 0 Å². The number of alkyl halides is 1. The monoisotopic (exact) mass is 306 g/mol. The number of hydrogen-bond acceptors (Lipinski definition) is 2. The number of unbranched alkanes of at least 4 members (excludes halogenated alkanes) is 1. The van der Waals surface area contributed by atoms with Crippen LogP contribution in [0.5, 0.6) is 0 Å². The maximum absolute atomic E-state index is 4.39. The van der Waals surface area contributed by atoms with Crippen molar-refractivity contribution < 1.29 is 0 Å². The second kappa shape index (κ2) is 6.19. The summed E-state index contributed by atoms with van der Waals surface area (Å²) in [6, 6.07) is 6.00. The van der Waals surface area contributed by atoms with Gasteiger partial charge in [-0.1, -0.05) is 41.4 Å². The van der Waals surface area contributed by atoms with Gasteiger partial charge in [0.2, 0.25) is 0 Å². The van der Waals surface area contributed by atoms with Gasteiger partial charge in [-0.3, -0.25) is 4.98 Å². The number of dihydropyridines is 1. The summed E-state index contributed by atoms with van der Waals surface area (Å²) in [7, 11) is 0. The van der Waals surface area contributed by atoms with Crippen molar-refractivity contribution in [3.63, 3.8) is 0 Å². The molecule has 2 heterocycles. The Morgan fingerprint density at radius 3 is 2.94 bits per heavy atom. The number of pyridine rings is 1. The van der Waals surface area contributed by atoms with Gasteiger partial charge in [-0.15, -0.1) is 0 Å². The summed E-state index contributed by atoms with van der Waals surface area (Å²) in [5, 5.41) is 4.37. The zero-order valence-electron chi connectivity index (χ0n) is 10.7. The van der Waals surface area contributed by atoms with Crippen molar-refractivity contribution in [1.82, 2.24) is 10.3 Å². The first-order valence-electron chi connectivity index (χ1n) is 6.38. The van der Waals surface area contributed by atoms with Crippen molar-refractivity contribution in [1.29, 1.82) is 0 Å². The van der Waals surface area contributed by atoms with Crippen molar-refractivity contribution in [2.45, 2.75) is 26.2 Å². The number of hydrogen-bond donors (Lipinski definition) is 1. The molecule has 1 N–H and O–H groups in total. The molecule has 1 unspecified atom stereocenters. The summed E-state index contributed by atoms with van der Waals surface area (Å²) < 4.78 is 0. The van der Waals surface area contributed by atoms with E-state index in [0.717, 1.165) is 16.7 Å². The fourth-order valence-corrected chi connectivity index (χ4v) is 2.56. The third-order valence-electron chi connectivity index (χ3n) is 3.22. The van der Waals surface area contributed by atoms with Crippen LogP contribution in [-0.4, -0.2) is 10.3 Å². The Morgan fingerprint density at radius 2 is 2.22 bits per heavy atom. The normalized spacial score (nSPS) is 22.4. The van der Waals surface area contributed by atoms with Gasteiger partial charge in [-0.05, 0) is 37.3 Å². The minimum atomic E-state index is 0.139. The molecule has 3 heteroatoms. The lowest BCUT2D eigenvalue weighted by atomic mass is 9.82. The molecular weight excluding hydrogens is 288 g/mol. The largest absolute Gasteiger partial charge is 0.360 e. The predicted molar refractivity (Wildman–Crippen MR) is 80.2 cm³/mol. The highest BCUT2D eigenvalue weighted by Crippen LogP contribution is 2.32. The lowest BCUT2D eigenvalue weighted by Crippen LogP contribution is -2.20. The quantitative estimate of drug-likeness (QED) is 0.654. The number of aromatic nitrogens is 1. The molecule has 96 valence electrons. The fourth-order valence-electron chi connectivity index (χ4n) is 2.17. The Bertz CT molecular complexity index is 439. The molecule has 0 saturated carbocycles. The molecule has 1 aliphatic heterocycles. The Hall–Kier alpha value is -1.09. The molecule has 1 aromatic heterocycles. The van der Waals surface area contributed by atoms with Crippen molar-refractivity contribution >= 4 is 21.6 Å². The predicted octanol–water partition coefficient (Wildman–Crippen LogP) is 4.11. The van der Waals surface area contributed by atoms with E-state index in [9.17, 15) is 0 Å². The zero-order valence-corrected chi connectivity index (χ0v) is 12.3. The third kappa shape index (κ3) is 3.45. The smallest absolute Gasteiger partial charge is 0.0861 e. The molecule has 0 aliphatic carbocycles. The number of nitrogens with one attached hydrogen (secondary N) is 1. The van der Waals surface area contributed by atoms with Gasteiger partial charge < -0.3 is 5.32 Å². The molecule has 2 nitrogen and oxygen atoms in total. The maximum atomic E-state index is 4.39. The first kappa shape index (κ1) is 13.3. The minimum absolute atomic E-state index is 0.139. The Kier molecular flexibility index (Phi) is 4.59. The first-order chi connectivity index (χ1) is 8.73. The summed E-state index contributed by atoms with van der Waals surface area (Å²) in [5.41, 5.74) is 2.26. The molecule has 2 rings (SSSR count). The molecule has 0 amide bonds. The van der Waals surface area contributed by atoms with E-state index in [1.165, 1.54) is 19.3 Å². The summed E-state index contributed by atoms with van der Waals surface area (Å²) >= 11 is 3.48. The lowest BCUT2D eigenvalue weighted by molar-refractivity contribution is 0.470. The van der Waals surface area contributed by atoms with E-state index >= 15 is 0 Å². The van der Waals surface area contributed by atoms with Gasteiger partial charge in [0.25, 0.3) is 0 Å². The molecule has 1 atom stereocenters. The molecule has 0 aromatic carbocycles. The van der Waals surface area contributed by atoms with E-state index in [2.05, 4.69) is 45.3 Å². The van der Waals surface area contributed by atoms with Crippen LogP contribution < -0.4 is 5.32 Å². The average Bonchev–Trinajstić information content (AvgIpc) is 2.40. The Balaban J connectivity index is 2.11. The number of halogens is 1. The summed E-state index contributed by atoms with van der Waals surface area (Å²) in [5.74, 6) is 0. The summed E-state index contributed by atoms with van der Waals surface area (Å²) in [4.78, 5) is 4.39. The van der Waals surface area contributed by atoms with E-state index in [0.29, 0.717) is 0 Å². The highest BCUT2D eigenvalue weighted by Gasteiger charge is 2.22. The summed E-state index contributed by atoms with van der Waals surface area (Å²) in [6.07, 6.45) is 12.0. The SMILES string of the molecule is CC1(CCCCBr)C=CNC(c2ccccn2)=C1. The average molecular weight is 307 g/mol. The minimum Gasteiger partial charge on any atom is -0.360 e. The topological polar surface area (TPSA) is 24.9 Å². The third-order valence-corrected chi connectivity index (χ3v) is 3.78. The van der Waals surface area contributed by atoms with Crippen LogP contribution >= 0.6 is 15.9 Å². The van der Waals surface area contributed by atoms with Gasteiger partial charge in [0, 0.05) is 16.9 Å². The van der Waals surface area contributed by atoms with Gasteiger partial charge in [0.1, 0.15) is 0 Å². The summed E-state index contributed by atoms with van der Waals surface area (Å²) in [6.45, 7) is 2.28. The van der Waals surface area contributed by atoms with Gasteiger partial charge >= 0.3 is 0 Å². The molecule has 0 spiro atoms. The van der Waals surface area contributed by atoms with Crippen LogP contribution in [-0.2, 0) is 0 Å². The van der Waals surface area contributed by atoms with Crippen molar-refractivity contribution in [3.8, 4) is 0 Å². The van der Waals surface area contributed by atoms with E-state index in [1.54, 1.807) is 0 Å². The van der Waals surface area contributed by atoms with Gasteiger partial charge in [0.15, 0.2) is 0 Å². The van der Waals surface area contributed by atoms with Gasteiger partial charge in [0.05, 0.1) is 11.4 Å². The number of nitrogens with zero attached hydrogens (tertiary/aromatic N) is 1. The molecule has 1 aliphatic rings. The molecule has 18 heavy (non-hydrogen) atoms. The zero-order chi connectivity index (χ0) is 12.8. The Morgan fingerprint density at radius 1 is 1.33 bits per heavy atom. The van der Waals surface area contributed by atoms with Crippen molar-refractivity contribution in [2.24, 2.45) is 5.41 Å². The lowest BCUT2D eigenvalue weighted by Gasteiger charge is -2.27. The molecule has 0 saturated heterocycles. The molecule has 1 aromatic rings. The maximum Gasteiger partial charge on any atom is 0.0861 e. The Labute approximate surface area is 117 Å². The molecule has 0 fully saturated rings. The highest BCUT2D eigenvalue weighted by atomic mass is 79.9. The second-order valence-electron chi connectivity index (χ2n) is 4.90. The van der Waals surface area contributed by atoms with Crippen LogP contribution in [0.1, 0.15) is 31.9 Å². The van der Waals surface area contributed by atoms with Crippen molar-refractivity contribution in [2.75, 3.05) is 5.33 Å². The molecule has 0 bridgehead atoms. The van der Waals surface area contributed by atoms with Crippen LogP contribution in [0.15, 0.2) is 42.7 Å². The second-order valence-corrected chi connectivity index (χ2v) is 5.70. The van der Waals surface area contributed by atoms with Crippen LogP contribution in [0, 0.1) is 5.41 Å². The first-order valence-corrected chi connectivity index (χ1v) is 7.50. The number of rotatable bonds is 5.